The fourth-order valence-electron chi connectivity index (χ4n) is 6.20. The molecule has 2 aromatic rings. The Balaban J connectivity index is 1.21. The van der Waals surface area contributed by atoms with Crippen LogP contribution in [0.4, 0.5) is 0 Å². The molecule has 11 heteroatoms. The van der Waals surface area contributed by atoms with E-state index < -0.39 is 38.4 Å². The highest BCUT2D eigenvalue weighted by Crippen LogP contribution is 2.57. The van der Waals surface area contributed by atoms with Crippen molar-refractivity contribution < 1.29 is 27.5 Å². The van der Waals surface area contributed by atoms with Crippen molar-refractivity contribution in [3.8, 4) is 17.3 Å². The van der Waals surface area contributed by atoms with Gasteiger partial charge in [-0.2, -0.15) is 4.98 Å². The predicted molar refractivity (Wildman–Crippen MR) is 168 cm³/mol. The minimum atomic E-state index is -3.69. The highest BCUT2D eigenvalue weighted by atomic mass is 32.2. The quantitative estimate of drug-likeness (QED) is 0.465. The van der Waals surface area contributed by atoms with Gasteiger partial charge in [0.25, 0.3) is 0 Å². The summed E-state index contributed by atoms with van der Waals surface area (Å²) < 4.78 is 33.5. The van der Waals surface area contributed by atoms with Gasteiger partial charge in [0.1, 0.15) is 5.76 Å². The molecular formula is C34H38N4O6S. The molecule has 1 aromatic carbocycles. The second-order valence-electron chi connectivity index (χ2n) is 12.5. The van der Waals surface area contributed by atoms with Crippen molar-refractivity contribution in [3.05, 3.63) is 78.7 Å². The van der Waals surface area contributed by atoms with Crippen LogP contribution >= 0.6 is 0 Å². The molecule has 1 N–H and O–H groups in total. The first-order valence-corrected chi connectivity index (χ1v) is 17.2. The second kappa shape index (κ2) is 12.7. The van der Waals surface area contributed by atoms with Gasteiger partial charge in [0.05, 0.1) is 16.6 Å². The maximum absolute atomic E-state index is 13.6. The van der Waals surface area contributed by atoms with Gasteiger partial charge in [-0.15, -0.1) is 0 Å². The molecule has 45 heavy (non-hydrogen) atoms. The van der Waals surface area contributed by atoms with Gasteiger partial charge in [-0.3, -0.25) is 19.1 Å². The summed E-state index contributed by atoms with van der Waals surface area (Å²) >= 11 is 0. The van der Waals surface area contributed by atoms with Crippen LogP contribution in [0.15, 0.2) is 78.7 Å². The third-order valence-corrected chi connectivity index (χ3v) is 11.0. The Morgan fingerprint density at radius 1 is 1.09 bits per heavy atom. The van der Waals surface area contributed by atoms with Gasteiger partial charge >= 0.3 is 0 Å². The number of ketones is 1. The molecule has 0 saturated heterocycles. The van der Waals surface area contributed by atoms with Crippen LogP contribution in [0.3, 0.4) is 0 Å². The Labute approximate surface area is 263 Å². The number of sulfonamides is 1. The number of aromatic nitrogens is 2. The van der Waals surface area contributed by atoms with Crippen molar-refractivity contribution in [2.45, 2.75) is 56.6 Å². The van der Waals surface area contributed by atoms with Crippen molar-refractivity contribution in [2.24, 2.45) is 23.2 Å². The Kier molecular flexibility index (Phi) is 8.72. The molecule has 0 unspecified atom stereocenters. The summed E-state index contributed by atoms with van der Waals surface area (Å²) in [6, 6.07) is 11.2. The third-order valence-electron chi connectivity index (χ3n) is 9.18. The van der Waals surface area contributed by atoms with Gasteiger partial charge in [-0.05, 0) is 63.0 Å². The number of carbonyl (C=O) groups is 3. The number of ether oxygens (including phenoxy) is 1. The maximum atomic E-state index is 13.6. The topological polar surface area (TPSA) is 136 Å². The summed E-state index contributed by atoms with van der Waals surface area (Å²) in [7, 11) is -1.93. The van der Waals surface area contributed by atoms with Gasteiger partial charge < -0.3 is 9.64 Å². The molecule has 4 atom stereocenters. The van der Waals surface area contributed by atoms with Crippen LogP contribution in [0.25, 0.3) is 11.4 Å². The summed E-state index contributed by atoms with van der Waals surface area (Å²) in [6.07, 6.45) is 15.0. The number of rotatable bonds is 6. The molecule has 1 aromatic heterocycles. The van der Waals surface area contributed by atoms with Crippen LogP contribution in [0.2, 0.25) is 0 Å². The predicted octanol–water partition coefficient (Wildman–Crippen LogP) is 4.37. The van der Waals surface area contributed by atoms with E-state index in [1.54, 1.807) is 36.4 Å². The zero-order chi connectivity index (χ0) is 31.6. The first kappa shape index (κ1) is 30.9. The molecule has 0 spiro atoms. The Morgan fingerprint density at radius 2 is 1.89 bits per heavy atom. The molecule has 0 radical (unpaired) electrons. The third kappa shape index (κ3) is 6.93. The van der Waals surface area contributed by atoms with Crippen molar-refractivity contribution in [2.75, 3.05) is 13.6 Å². The number of amides is 2. The van der Waals surface area contributed by atoms with E-state index in [0.717, 1.165) is 24.8 Å². The van der Waals surface area contributed by atoms with E-state index in [-0.39, 0.29) is 30.4 Å². The Hall–Kier alpha value is -4.12. The molecule has 2 amide bonds. The van der Waals surface area contributed by atoms with Crippen LogP contribution < -0.4 is 9.46 Å². The number of hydrogen-bond donors (Lipinski definition) is 1. The van der Waals surface area contributed by atoms with Gasteiger partial charge in [-0.1, -0.05) is 48.6 Å². The number of carbonyl (C=O) groups excluding carboxylic acids is 3. The standard InChI is InChI=1S/C34H38N4O6S/c1-38-19-8-3-2-7-12-24-22-34(24,33(41)37-45(42,43)26-14-15-26)17-9-13-29(39)27-20-25(21-28(27)32(38)40)44-30-16-18-35-31(36-30)23-10-5-4-6-11-23/h4-7,9-13,16,18,21,24,26-28H,2-3,8,14-15,17,19-20,22H2,1H3,(H,37,41)/b12-7-,13-9+/t24-,27-,28-,34+/m1/s1. The van der Waals surface area contributed by atoms with Crippen molar-refractivity contribution >= 4 is 27.6 Å². The second-order valence-corrected chi connectivity index (χ2v) is 14.5. The zero-order valence-electron chi connectivity index (χ0n) is 25.3. The molecule has 0 bridgehead atoms. The van der Waals surface area contributed by atoms with E-state index in [0.29, 0.717) is 43.3 Å². The van der Waals surface area contributed by atoms with Crippen LogP contribution in [-0.4, -0.2) is 59.7 Å². The summed E-state index contributed by atoms with van der Waals surface area (Å²) in [4.78, 5) is 51.1. The van der Waals surface area contributed by atoms with Crippen molar-refractivity contribution in [3.63, 3.8) is 0 Å². The molecule has 3 aliphatic carbocycles. The highest BCUT2D eigenvalue weighted by Gasteiger charge is 2.59. The number of fused-ring (bicyclic) bond motifs is 2. The lowest BCUT2D eigenvalue weighted by atomic mass is 9.89. The van der Waals surface area contributed by atoms with Crippen LogP contribution in [-0.2, 0) is 24.4 Å². The average molecular weight is 631 g/mol. The van der Waals surface area contributed by atoms with Crippen LogP contribution in [0, 0.1) is 23.2 Å². The Morgan fingerprint density at radius 3 is 2.67 bits per heavy atom. The Bertz CT molecular complexity index is 1670. The molecule has 4 aliphatic rings. The number of nitrogens with zero attached hydrogens (tertiary/aromatic N) is 3. The first-order chi connectivity index (χ1) is 21.7. The molecule has 10 nitrogen and oxygen atoms in total. The monoisotopic (exact) mass is 630 g/mol. The van der Waals surface area contributed by atoms with Crippen LogP contribution in [0.1, 0.15) is 51.4 Å². The summed E-state index contributed by atoms with van der Waals surface area (Å²) in [5, 5.41) is -0.500. The van der Waals surface area contributed by atoms with Gasteiger partial charge in [0.2, 0.25) is 27.7 Å². The molecule has 2 fully saturated rings. The lowest BCUT2D eigenvalue weighted by molar-refractivity contribution is -0.136. The van der Waals surface area contributed by atoms with Gasteiger partial charge in [-0.25, -0.2) is 13.4 Å². The van der Waals surface area contributed by atoms with Crippen molar-refractivity contribution in [1.82, 2.24) is 19.6 Å². The average Bonchev–Trinajstić information content (AvgIpc) is 3.96. The smallest absolute Gasteiger partial charge is 0.240 e. The van der Waals surface area contributed by atoms with E-state index in [9.17, 15) is 22.8 Å². The fraction of sp³-hybridized carbons (Fsp3) is 0.441. The summed E-state index contributed by atoms with van der Waals surface area (Å²) in [5.41, 5.74) is -0.0715. The van der Waals surface area contributed by atoms with Crippen LogP contribution in [0.5, 0.6) is 5.88 Å². The zero-order valence-corrected chi connectivity index (χ0v) is 26.1. The van der Waals surface area contributed by atoms with E-state index in [4.69, 9.17) is 4.74 Å². The summed E-state index contributed by atoms with van der Waals surface area (Å²) in [6.45, 7) is 0.547. The lowest BCUT2D eigenvalue weighted by Gasteiger charge is -2.23. The minimum absolute atomic E-state index is 0.0988. The molecule has 6 rings (SSSR count). The molecular weight excluding hydrogens is 592 g/mol. The number of benzene rings is 1. The van der Waals surface area contributed by atoms with Gasteiger partial charge in [0.15, 0.2) is 11.6 Å². The minimum Gasteiger partial charge on any atom is -0.444 e. The number of hydrogen-bond acceptors (Lipinski definition) is 8. The van der Waals surface area contributed by atoms with E-state index in [1.165, 1.54) is 6.08 Å². The van der Waals surface area contributed by atoms with Crippen molar-refractivity contribution in [1.29, 1.82) is 0 Å². The van der Waals surface area contributed by atoms with E-state index >= 15 is 0 Å². The number of nitrogens with one attached hydrogen (secondary N) is 1. The van der Waals surface area contributed by atoms with E-state index in [1.807, 2.05) is 42.5 Å². The fourth-order valence-corrected chi connectivity index (χ4v) is 7.58. The molecule has 1 aliphatic heterocycles. The summed E-state index contributed by atoms with van der Waals surface area (Å²) in [5.74, 6) is -1.08. The molecule has 2 heterocycles. The van der Waals surface area contributed by atoms with E-state index in [2.05, 4.69) is 14.7 Å². The molecule has 2 saturated carbocycles. The normalized spacial score (nSPS) is 28.8. The first-order valence-electron chi connectivity index (χ1n) is 15.6. The largest absolute Gasteiger partial charge is 0.444 e. The van der Waals surface area contributed by atoms with Gasteiger partial charge in [0, 0.05) is 43.8 Å². The lowest BCUT2D eigenvalue weighted by Crippen LogP contribution is -2.39. The number of allylic oxidation sites excluding steroid dienone is 5. The molecule has 236 valence electrons. The SMILES string of the molecule is CN1CCCC/C=C\[C@@H]2C[C@@]2(C(=O)NS(=O)(=O)C2CC2)C/C=C/C(=O)[C@@H]2CC(Oc3ccnc(-c4ccccc4)n3)=C[C@H]2C1=O. The highest BCUT2D eigenvalue weighted by molar-refractivity contribution is 7.90. The maximum Gasteiger partial charge on any atom is 0.240 e.